The van der Waals surface area contributed by atoms with E-state index in [0.717, 1.165) is 100 Å². The number of rotatable bonds is 8. The van der Waals surface area contributed by atoms with Gasteiger partial charge in [-0.1, -0.05) is 146 Å². The van der Waals surface area contributed by atoms with Gasteiger partial charge in [0.1, 0.15) is 11.2 Å². The zero-order valence-electron chi connectivity index (χ0n) is 31.5. The van der Waals surface area contributed by atoms with Crippen molar-refractivity contribution < 1.29 is 8.83 Å². The molecule has 0 aliphatic heterocycles. The predicted octanol–water partition coefficient (Wildman–Crippen LogP) is 15.8. The van der Waals surface area contributed by atoms with Crippen molar-refractivity contribution in [2.45, 2.75) is 0 Å². The van der Waals surface area contributed by atoms with Gasteiger partial charge in [0.05, 0.1) is 11.4 Å². The highest BCUT2D eigenvalue weighted by Gasteiger charge is 2.21. The lowest BCUT2D eigenvalue weighted by molar-refractivity contribution is 0.668. The van der Waals surface area contributed by atoms with Crippen LogP contribution in [0.15, 0.2) is 227 Å². The van der Waals surface area contributed by atoms with Gasteiger partial charge < -0.3 is 18.6 Å². The van der Waals surface area contributed by atoms with Crippen LogP contribution in [0.1, 0.15) is 0 Å². The third-order valence-corrected chi connectivity index (χ3v) is 11.1. The highest BCUT2D eigenvalue weighted by molar-refractivity contribution is 6.11. The number of benzene rings is 9. The number of hydrogen-bond acceptors (Lipinski definition) is 4. The molecule has 0 saturated carbocycles. The maximum atomic E-state index is 6.52. The van der Waals surface area contributed by atoms with Crippen molar-refractivity contribution in [3.8, 4) is 22.3 Å². The molecule has 11 rings (SSSR count). The van der Waals surface area contributed by atoms with E-state index in [2.05, 4.69) is 204 Å². The van der Waals surface area contributed by atoms with E-state index in [4.69, 9.17) is 8.83 Å². The molecule has 0 amide bonds. The average Bonchev–Trinajstić information content (AvgIpc) is 3.88. The molecule has 4 nitrogen and oxygen atoms in total. The standard InChI is InChI=1S/C54H36N2O2/c1-3-15-41(16-4-1)55(49-24-12-22-47-45-20-7-9-26-51(45)57-53(47)49)43-34-32-38(33-35-43)37-28-30-39(31-29-37)40-14-11-19-44(36-40)56(42-17-5-2-6-18-42)50-25-13-23-48-46-21-8-10-27-52(46)58-54(48)50/h1-36H. The lowest BCUT2D eigenvalue weighted by Crippen LogP contribution is -2.10. The summed E-state index contributed by atoms with van der Waals surface area (Å²) in [6.45, 7) is 0. The number of fused-ring (bicyclic) bond motifs is 6. The van der Waals surface area contributed by atoms with Gasteiger partial charge in [-0.2, -0.15) is 0 Å². The Morgan fingerprint density at radius 2 is 0.638 bits per heavy atom. The molecule has 0 spiro atoms. The minimum absolute atomic E-state index is 0.867. The summed E-state index contributed by atoms with van der Waals surface area (Å²) in [6, 6.07) is 76.7. The SMILES string of the molecule is c1ccc(N(c2ccc(-c3ccc(-c4cccc(N(c5ccccc5)c5cccc6c5oc5ccccc56)c4)cc3)cc2)c2cccc3c2oc2ccccc23)cc1. The Morgan fingerprint density at radius 1 is 0.259 bits per heavy atom. The summed E-state index contributed by atoms with van der Waals surface area (Å²) in [4.78, 5) is 4.56. The quantitative estimate of drug-likeness (QED) is 0.155. The Labute approximate surface area is 336 Å². The van der Waals surface area contributed by atoms with Crippen LogP contribution < -0.4 is 9.80 Å². The Hall–Kier alpha value is -7.82. The number of anilines is 6. The summed E-state index contributed by atoms with van der Waals surface area (Å²) >= 11 is 0. The highest BCUT2D eigenvalue weighted by Crippen LogP contribution is 2.44. The van der Waals surface area contributed by atoms with Crippen LogP contribution in [-0.2, 0) is 0 Å². The molecule has 11 aromatic rings. The average molecular weight is 745 g/mol. The first-order chi connectivity index (χ1) is 28.8. The summed E-state index contributed by atoms with van der Waals surface area (Å²) < 4.78 is 13.0. The second-order valence-electron chi connectivity index (χ2n) is 14.5. The van der Waals surface area contributed by atoms with Crippen LogP contribution in [0.5, 0.6) is 0 Å². The minimum atomic E-state index is 0.867. The maximum Gasteiger partial charge on any atom is 0.159 e. The molecule has 0 atom stereocenters. The first kappa shape index (κ1) is 33.5. The molecule has 0 N–H and O–H groups in total. The van der Waals surface area contributed by atoms with Crippen LogP contribution >= 0.6 is 0 Å². The normalized spacial score (nSPS) is 11.4. The Balaban J connectivity index is 0.927. The first-order valence-corrected chi connectivity index (χ1v) is 19.6. The maximum absolute atomic E-state index is 6.52. The van der Waals surface area contributed by atoms with E-state index < -0.39 is 0 Å². The molecule has 4 heteroatoms. The fourth-order valence-corrected chi connectivity index (χ4v) is 8.31. The molecule has 9 aromatic carbocycles. The van der Waals surface area contributed by atoms with E-state index >= 15 is 0 Å². The predicted molar refractivity (Wildman–Crippen MR) is 241 cm³/mol. The van der Waals surface area contributed by atoms with Crippen molar-refractivity contribution in [3.05, 3.63) is 218 Å². The molecule has 2 aromatic heterocycles. The van der Waals surface area contributed by atoms with Crippen molar-refractivity contribution in [1.29, 1.82) is 0 Å². The van der Waals surface area contributed by atoms with Gasteiger partial charge >= 0.3 is 0 Å². The number of nitrogens with zero attached hydrogens (tertiary/aromatic N) is 2. The van der Waals surface area contributed by atoms with Gasteiger partial charge in [-0.05, 0) is 95.1 Å². The van der Waals surface area contributed by atoms with E-state index in [0.29, 0.717) is 0 Å². The second-order valence-corrected chi connectivity index (χ2v) is 14.5. The summed E-state index contributed by atoms with van der Waals surface area (Å²) in [6.07, 6.45) is 0. The lowest BCUT2D eigenvalue weighted by atomic mass is 9.99. The summed E-state index contributed by atoms with van der Waals surface area (Å²) in [5.74, 6) is 0. The van der Waals surface area contributed by atoms with Crippen LogP contribution in [0.4, 0.5) is 34.1 Å². The van der Waals surface area contributed by atoms with Gasteiger partial charge in [0, 0.05) is 44.3 Å². The van der Waals surface area contributed by atoms with Crippen molar-refractivity contribution in [1.82, 2.24) is 0 Å². The lowest BCUT2D eigenvalue weighted by Gasteiger charge is -2.26. The molecule has 0 fully saturated rings. The molecule has 0 aliphatic carbocycles. The number of furan rings is 2. The van der Waals surface area contributed by atoms with Gasteiger partial charge in [-0.15, -0.1) is 0 Å². The Kier molecular flexibility index (Phi) is 8.11. The molecule has 0 aliphatic rings. The zero-order valence-corrected chi connectivity index (χ0v) is 31.5. The molecule has 0 unspecified atom stereocenters. The van der Waals surface area contributed by atoms with Gasteiger partial charge in [-0.3, -0.25) is 0 Å². The second kappa shape index (κ2) is 14.0. The van der Waals surface area contributed by atoms with E-state index in [1.54, 1.807) is 0 Å². The van der Waals surface area contributed by atoms with E-state index in [1.165, 1.54) is 0 Å². The number of para-hydroxylation sites is 6. The summed E-state index contributed by atoms with van der Waals surface area (Å²) in [5, 5.41) is 4.44. The van der Waals surface area contributed by atoms with Crippen LogP contribution in [0.25, 0.3) is 66.1 Å². The summed E-state index contributed by atoms with van der Waals surface area (Å²) in [5.41, 5.74) is 14.3. The van der Waals surface area contributed by atoms with E-state index in [9.17, 15) is 0 Å². The first-order valence-electron chi connectivity index (χ1n) is 19.6. The van der Waals surface area contributed by atoms with Gasteiger partial charge in [0.25, 0.3) is 0 Å². The van der Waals surface area contributed by atoms with Crippen molar-refractivity contribution in [2.75, 3.05) is 9.80 Å². The Morgan fingerprint density at radius 3 is 1.17 bits per heavy atom. The summed E-state index contributed by atoms with van der Waals surface area (Å²) in [7, 11) is 0. The fraction of sp³-hybridized carbons (Fsp3) is 0. The topological polar surface area (TPSA) is 32.8 Å². The highest BCUT2D eigenvalue weighted by atomic mass is 16.3. The van der Waals surface area contributed by atoms with E-state index in [1.807, 2.05) is 24.3 Å². The molecular weight excluding hydrogens is 709 g/mol. The van der Waals surface area contributed by atoms with Gasteiger partial charge in [0.2, 0.25) is 0 Å². The van der Waals surface area contributed by atoms with Crippen LogP contribution in [0.3, 0.4) is 0 Å². The number of hydrogen-bond donors (Lipinski definition) is 0. The third kappa shape index (κ3) is 5.78. The molecular formula is C54H36N2O2. The van der Waals surface area contributed by atoms with E-state index in [-0.39, 0.29) is 0 Å². The molecule has 0 bridgehead atoms. The van der Waals surface area contributed by atoms with Gasteiger partial charge in [-0.25, -0.2) is 0 Å². The largest absolute Gasteiger partial charge is 0.454 e. The van der Waals surface area contributed by atoms with Gasteiger partial charge in [0.15, 0.2) is 11.2 Å². The molecule has 0 radical (unpaired) electrons. The monoisotopic (exact) mass is 744 g/mol. The smallest absolute Gasteiger partial charge is 0.159 e. The minimum Gasteiger partial charge on any atom is -0.454 e. The van der Waals surface area contributed by atoms with Crippen molar-refractivity contribution in [3.63, 3.8) is 0 Å². The van der Waals surface area contributed by atoms with Crippen molar-refractivity contribution in [2.24, 2.45) is 0 Å². The molecule has 0 saturated heterocycles. The molecule has 274 valence electrons. The molecule has 58 heavy (non-hydrogen) atoms. The van der Waals surface area contributed by atoms with Crippen LogP contribution in [-0.4, -0.2) is 0 Å². The fourth-order valence-electron chi connectivity index (χ4n) is 8.31. The Bertz CT molecular complexity index is 3220. The van der Waals surface area contributed by atoms with Crippen LogP contribution in [0, 0.1) is 0 Å². The third-order valence-electron chi connectivity index (χ3n) is 11.1. The zero-order chi connectivity index (χ0) is 38.4. The van der Waals surface area contributed by atoms with Crippen molar-refractivity contribution >= 4 is 78.0 Å². The molecule has 2 heterocycles. The van der Waals surface area contributed by atoms with Crippen LogP contribution in [0.2, 0.25) is 0 Å².